The van der Waals surface area contributed by atoms with E-state index in [9.17, 15) is 4.79 Å². The molecule has 7 rings (SSSR count). The van der Waals surface area contributed by atoms with Crippen molar-refractivity contribution in [3.63, 3.8) is 0 Å². The third-order valence-electron chi connectivity index (χ3n) is 6.92. The van der Waals surface area contributed by atoms with Gasteiger partial charge in [-0.2, -0.15) is 0 Å². The zero-order valence-corrected chi connectivity index (χ0v) is 20.9. The molecule has 0 aliphatic rings. The lowest BCUT2D eigenvalue weighted by Crippen LogP contribution is -2.01. The molecule has 0 aliphatic carbocycles. The van der Waals surface area contributed by atoms with Crippen LogP contribution in [0.15, 0.2) is 143 Å². The van der Waals surface area contributed by atoms with E-state index in [4.69, 9.17) is 14.4 Å². The Labute approximate surface area is 224 Å². The molecule has 7 aromatic rings. The average molecular weight is 503 g/mol. The lowest BCUT2D eigenvalue weighted by atomic mass is 10.0. The number of hydrogen-bond donors (Lipinski definition) is 0. The molecule has 0 aliphatic heterocycles. The number of aromatic nitrogens is 2. The third kappa shape index (κ3) is 4.28. The maximum Gasteiger partial charge on any atom is 0.200 e. The van der Waals surface area contributed by atoms with Gasteiger partial charge in [0.2, 0.25) is 5.43 Å². The van der Waals surface area contributed by atoms with E-state index in [1.165, 1.54) is 0 Å². The average Bonchev–Trinajstić information content (AvgIpc) is 3.02. The molecule has 0 unspecified atom stereocenters. The second-order valence-corrected chi connectivity index (χ2v) is 9.41. The number of fused-ring (bicyclic) bond motifs is 2. The van der Waals surface area contributed by atoms with Gasteiger partial charge in [-0.1, -0.05) is 103 Å². The number of hydrogen-bond acceptors (Lipinski definition) is 4. The molecule has 0 saturated carbocycles. The second kappa shape index (κ2) is 9.51. The number of para-hydroxylation sites is 1. The highest BCUT2D eigenvalue weighted by atomic mass is 16.3. The molecular formula is C35H22N2O2. The summed E-state index contributed by atoms with van der Waals surface area (Å²) >= 11 is 0. The molecule has 0 spiro atoms. The maximum atomic E-state index is 13.1. The molecule has 4 nitrogen and oxygen atoms in total. The number of benzene rings is 5. The first kappa shape index (κ1) is 22.8. The van der Waals surface area contributed by atoms with E-state index in [0.717, 1.165) is 39.2 Å². The Hall–Kier alpha value is -5.35. The minimum atomic E-state index is -0.0233. The molecule has 0 saturated heterocycles. The largest absolute Gasteiger partial charge is 0.456 e. The van der Waals surface area contributed by atoms with Crippen molar-refractivity contribution in [2.24, 2.45) is 0 Å². The van der Waals surface area contributed by atoms with Gasteiger partial charge in [0.05, 0.1) is 22.2 Å². The van der Waals surface area contributed by atoms with E-state index in [0.29, 0.717) is 27.8 Å². The lowest BCUT2D eigenvalue weighted by molar-refractivity contribution is 0.660. The van der Waals surface area contributed by atoms with E-state index >= 15 is 0 Å². The van der Waals surface area contributed by atoms with Crippen LogP contribution in [0.25, 0.3) is 67.0 Å². The van der Waals surface area contributed by atoms with Gasteiger partial charge in [0.15, 0.2) is 5.82 Å². The van der Waals surface area contributed by atoms with Crippen LogP contribution in [0.1, 0.15) is 0 Å². The molecule has 2 aromatic heterocycles. The van der Waals surface area contributed by atoms with Gasteiger partial charge in [-0.15, -0.1) is 0 Å². The topological polar surface area (TPSA) is 56.0 Å². The van der Waals surface area contributed by atoms with Crippen LogP contribution >= 0.6 is 0 Å². The van der Waals surface area contributed by atoms with Crippen molar-refractivity contribution in [3.8, 4) is 45.0 Å². The number of nitrogens with zero attached hydrogens (tertiary/aromatic N) is 2. The summed E-state index contributed by atoms with van der Waals surface area (Å²) in [4.78, 5) is 23.0. The van der Waals surface area contributed by atoms with Crippen LogP contribution in [0.3, 0.4) is 0 Å². The van der Waals surface area contributed by atoms with Gasteiger partial charge in [0.1, 0.15) is 11.2 Å². The van der Waals surface area contributed by atoms with E-state index in [-0.39, 0.29) is 5.43 Å². The highest BCUT2D eigenvalue weighted by Crippen LogP contribution is 2.30. The third-order valence-corrected chi connectivity index (χ3v) is 6.92. The maximum absolute atomic E-state index is 13.1. The standard InChI is InChI=1S/C35H22N2O2/c38-34-28-13-7-8-14-32(28)39-33-20-19-27(21-29(33)34)23-15-17-26(18-16-23)35-36-30(24-9-3-1-4-10-24)22-31(37-35)25-11-5-2-6-12-25/h1-22H. The van der Waals surface area contributed by atoms with E-state index < -0.39 is 0 Å². The van der Waals surface area contributed by atoms with Crippen molar-refractivity contribution in [2.45, 2.75) is 0 Å². The van der Waals surface area contributed by atoms with Gasteiger partial charge in [0.25, 0.3) is 0 Å². The first-order chi connectivity index (χ1) is 19.2. The highest BCUT2D eigenvalue weighted by molar-refractivity contribution is 5.92. The first-order valence-electron chi connectivity index (χ1n) is 12.8. The molecule has 2 heterocycles. The van der Waals surface area contributed by atoms with Gasteiger partial charge >= 0.3 is 0 Å². The van der Waals surface area contributed by atoms with Gasteiger partial charge in [-0.05, 0) is 41.5 Å². The summed E-state index contributed by atoms with van der Waals surface area (Å²) in [5.41, 5.74) is 7.84. The van der Waals surface area contributed by atoms with Crippen LogP contribution in [-0.2, 0) is 0 Å². The molecule has 0 radical (unpaired) electrons. The van der Waals surface area contributed by atoms with Crippen LogP contribution in [-0.4, -0.2) is 9.97 Å². The second-order valence-electron chi connectivity index (χ2n) is 9.41. The molecular weight excluding hydrogens is 480 g/mol. The molecule has 0 bridgehead atoms. The molecule has 39 heavy (non-hydrogen) atoms. The van der Waals surface area contributed by atoms with E-state index in [2.05, 4.69) is 24.3 Å². The summed E-state index contributed by atoms with van der Waals surface area (Å²) in [6.45, 7) is 0. The van der Waals surface area contributed by atoms with Crippen molar-refractivity contribution in [2.75, 3.05) is 0 Å². The predicted molar refractivity (Wildman–Crippen MR) is 157 cm³/mol. The Morgan fingerprint density at radius 1 is 0.436 bits per heavy atom. The van der Waals surface area contributed by atoms with Gasteiger partial charge in [-0.25, -0.2) is 9.97 Å². The number of rotatable bonds is 4. The van der Waals surface area contributed by atoms with Crippen molar-refractivity contribution in [1.29, 1.82) is 0 Å². The first-order valence-corrected chi connectivity index (χ1v) is 12.8. The van der Waals surface area contributed by atoms with Gasteiger partial charge in [-0.3, -0.25) is 4.79 Å². The van der Waals surface area contributed by atoms with Crippen LogP contribution in [0, 0.1) is 0 Å². The van der Waals surface area contributed by atoms with Crippen LogP contribution in [0.5, 0.6) is 0 Å². The smallest absolute Gasteiger partial charge is 0.200 e. The molecule has 0 fully saturated rings. The normalized spacial score (nSPS) is 11.2. The summed E-state index contributed by atoms with van der Waals surface area (Å²) in [5.74, 6) is 0.660. The van der Waals surface area contributed by atoms with Gasteiger partial charge < -0.3 is 4.42 Å². The lowest BCUT2D eigenvalue weighted by Gasteiger charge is -2.10. The molecule has 4 heteroatoms. The summed E-state index contributed by atoms with van der Waals surface area (Å²) in [5, 5.41) is 1.16. The Morgan fingerprint density at radius 2 is 0.974 bits per heavy atom. The fourth-order valence-electron chi connectivity index (χ4n) is 4.88. The van der Waals surface area contributed by atoms with Crippen LogP contribution in [0.4, 0.5) is 0 Å². The Morgan fingerprint density at radius 3 is 1.64 bits per heavy atom. The SMILES string of the molecule is O=c1c2ccccc2oc2ccc(-c3ccc(-c4nc(-c5ccccc5)cc(-c5ccccc5)n4)cc3)cc12. The van der Waals surface area contributed by atoms with Crippen LogP contribution in [0.2, 0.25) is 0 Å². The van der Waals surface area contributed by atoms with Crippen molar-refractivity contribution in [1.82, 2.24) is 9.97 Å². The van der Waals surface area contributed by atoms with Gasteiger partial charge in [0, 0.05) is 16.7 Å². The summed E-state index contributed by atoms with van der Waals surface area (Å²) < 4.78 is 5.97. The summed E-state index contributed by atoms with van der Waals surface area (Å²) in [6, 6.07) is 43.6. The molecule has 0 N–H and O–H groups in total. The zero-order chi connectivity index (χ0) is 26.2. The Bertz CT molecular complexity index is 1960. The Kier molecular flexibility index (Phi) is 5.56. The highest BCUT2D eigenvalue weighted by Gasteiger charge is 2.12. The van der Waals surface area contributed by atoms with E-state index in [1.54, 1.807) is 6.07 Å². The van der Waals surface area contributed by atoms with Crippen molar-refractivity contribution in [3.05, 3.63) is 144 Å². The van der Waals surface area contributed by atoms with Crippen molar-refractivity contribution < 1.29 is 4.42 Å². The summed E-state index contributed by atoms with van der Waals surface area (Å²) in [6.07, 6.45) is 0. The minimum absolute atomic E-state index is 0.0233. The molecule has 5 aromatic carbocycles. The van der Waals surface area contributed by atoms with E-state index in [1.807, 2.05) is 103 Å². The zero-order valence-electron chi connectivity index (χ0n) is 20.9. The van der Waals surface area contributed by atoms with Crippen molar-refractivity contribution >= 4 is 21.9 Å². The fraction of sp³-hybridized carbons (Fsp3) is 0. The monoisotopic (exact) mass is 502 g/mol. The predicted octanol–water partition coefficient (Wildman–Crippen LogP) is 8.40. The molecule has 0 atom stereocenters. The fourth-order valence-corrected chi connectivity index (χ4v) is 4.88. The Balaban J connectivity index is 1.30. The molecule has 0 amide bonds. The molecule has 184 valence electrons. The quantitative estimate of drug-likeness (QED) is 0.227. The van der Waals surface area contributed by atoms with Crippen LogP contribution < -0.4 is 5.43 Å². The minimum Gasteiger partial charge on any atom is -0.456 e. The summed E-state index contributed by atoms with van der Waals surface area (Å²) in [7, 11) is 0.